The van der Waals surface area contributed by atoms with Crippen molar-refractivity contribution >= 4 is 17.5 Å². The number of nitrogens with zero attached hydrogens (tertiary/aromatic N) is 1. The van der Waals surface area contributed by atoms with Crippen molar-refractivity contribution in [3.05, 3.63) is 29.3 Å². The van der Waals surface area contributed by atoms with E-state index in [9.17, 15) is 4.79 Å². The van der Waals surface area contributed by atoms with Crippen LogP contribution in [0.2, 0.25) is 5.02 Å². The van der Waals surface area contributed by atoms with E-state index in [2.05, 4.69) is 0 Å². The molecule has 0 spiro atoms. The fraction of sp³-hybridized carbons (Fsp3) is 0.533. The standard InChI is InChI=1S/C15H22ClNO3/c1-12(20-14-8-6-13(16)7-9-14)15(19)17(2)10-4-3-5-11-18/h6-9,12,18H,3-5,10-11H2,1-2H3. The van der Waals surface area contributed by atoms with Crippen LogP contribution in [0, 0.1) is 0 Å². The molecule has 4 nitrogen and oxygen atoms in total. The van der Waals surface area contributed by atoms with E-state index >= 15 is 0 Å². The SMILES string of the molecule is CC(Oc1ccc(Cl)cc1)C(=O)N(C)CCCCCO. The van der Waals surface area contributed by atoms with E-state index in [1.165, 1.54) is 0 Å². The summed E-state index contributed by atoms with van der Waals surface area (Å²) in [5, 5.41) is 9.34. The summed E-state index contributed by atoms with van der Waals surface area (Å²) in [4.78, 5) is 13.8. The highest BCUT2D eigenvalue weighted by Gasteiger charge is 2.18. The maximum absolute atomic E-state index is 12.1. The van der Waals surface area contributed by atoms with Crippen molar-refractivity contribution in [3.8, 4) is 5.75 Å². The minimum absolute atomic E-state index is 0.0519. The number of unbranched alkanes of at least 4 members (excludes halogenated alkanes) is 2. The number of ether oxygens (including phenoxy) is 1. The molecule has 1 atom stereocenters. The molecule has 1 N–H and O–H groups in total. The van der Waals surface area contributed by atoms with Crippen LogP contribution in [-0.4, -0.2) is 42.2 Å². The molecule has 1 unspecified atom stereocenters. The van der Waals surface area contributed by atoms with Gasteiger partial charge in [-0.3, -0.25) is 4.79 Å². The second-order valence-corrected chi connectivity index (χ2v) is 5.19. The maximum Gasteiger partial charge on any atom is 0.263 e. The monoisotopic (exact) mass is 299 g/mol. The Morgan fingerprint density at radius 2 is 1.95 bits per heavy atom. The molecule has 0 saturated heterocycles. The van der Waals surface area contributed by atoms with Gasteiger partial charge in [0.15, 0.2) is 6.10 Å². The number of rotatable bonds is 8. The van der Waals surface area contributed by atoms with E-state index < -0.39 is 6.10 Å². The van der Waals surface area contributed by atoms with E-state index in [1.54, 1.807) is 43.1 Å². The molecule has 0 heterocycles. The fourth-order valence-electron chi connectivity index (χ4n) is 1.83. The summed E-state index contributed by atoms with van der Waals surface area (Å²) in [7, 11) is 1.77. The molecular weight excluding hydrogens is 278 g/mol. The van der Waals surface area contributed by atoms with Gasteiger partial charge in [-0.1, -0.05) is 11.6 Å². The Balaban J connectivity index is 2.39. The molecule has 1 aromatic rings. The van der Waals surface area contributed by atoms with Gasteiger partial charge >= 0.3 is 0 Å². The number of carbonyl (C=O) groups is 1. The Bertz CT molecular complexity index is 408. The van der Waals surface area contributed by atoms with Gasteiger partial charge in [0.2, 0.25) is 0 Å². The summed E-state index contributed by atoms with van der Waals surface area (Å²) in [6.07, 6.45) is 2.05. The van der Waals surface area contributed by atoms with Gasteiger partial charge in [0.25, 0.3) is 5.91 Å². The summed E-state index contributed by atoms with van der Waals surface area (Å²) in [6, 6.07) is 6.94. The Morgan fingerprint density at radius 1 is 1.30 bits per heavy atom. The van der Waals surface area contributed by atoms with Gasteiger partial charge in [-0.05, 0) is 50.5 Å². The highest BCUT2D eigenvalue weighted by molar-refractivity contribution is 6.30. The smallest absolute Gasteiger partial charge is 0.263 e. The molecular formula is C15H22ClNO3. The predicted molar refractivity (Wildman–Crippen MR) is 80.1 cm³/mol. The summed E-state index contributed by atoms with van der Waals surface area (Å²) < 4.78 is 5.59. The summed E-state index contributed by atoms with van der Waals surface area (Å²) in [5.41, 5.74) is 0. The van der Waals surface area contributed by atoms with Crippen LogP contribution >= 0.6 is 11.6 Å². The van der Waals surface area contributed by atoms with Crippen LogP contribution in [0.4, 0.5) is 0 Å². The molecule has 1 aromatic carbocycles. The Kier molecular flexibility index (Phi) is 7.41. The summed E-state index contributed by atoms with van der Waals surface area (Å²) in [5.74, 6) is 0.577. The Labute approximate surface area is 125 Å². The molecule has 0 radical (unpaired) electrons. The lowest BCUT2D eigenvalue weighted by Gasteiger charge is -2.22. The number of aliphatic hydroxyl groups is 1. The number of amides is 1. The van der Waals surface area contributed by atoms with Gasteiger partial charge in [-0.2, -0.15) is 0 Å². The fourth-order valence-corrected chi connectivity index (χ4v) is 1.95. The van der Waals surface area contributed by atoms with Gasteiger partial charge < -0.3 is 14.7 Å². The first kappa shape index (κ1) is 16.8. The van der Waals surface area contributed by atoms with Crippen molar-refractivity contribution in [2.75, 3.05) is 20.2 Å². The van der Waals surface area contributed by atoms with Gasteiger partial charge in [-0.25, -0.2) is 0 Å². The van der Waals surface area contributed by atoms with Crippen molar-refractivity contribution < 1.29 is 14.6 Å². The topological polar surface area (TPSA) is 49.8 Å². The maximum atomic E-state index is 12.1. The van der Waals surface area contributed by atoms with E-state index in [0.717, 1.165) is 19.3 Å². The van der Waals surface area contributed by atoms with Crippen molar-refractivity contribution in [2.45, 2.75) is 32.3 Å². The lowest BCUT2D eigenvalue weighted by molar-refractivity contribution is -0.136. The molecule has 0 fully saturated rings. The minimum Gasteiger partial charge on any atom is -0.481 e. The molecule has 112 valence electrons. The van der Waals surface area contributed by atoms with E-state index in [0.29, 0.717) is 17.3 Å². The number of likely N-dealkylation sites (N-methyl/N-ethyl adjacent to an activating group) is 1. The molecule has 0 aliphatic carbocycles. The number of benzene rings is 1. The Hall–Kier alpha value is -1.26. The second-order valence-electron chi connectivity index (χ2n) is 4.76. The molecule has 20 heavy (non-hydrogen) atoms. The molecule has 0 saturated carbocycles. The van der Waals surface area contributed by atoms with Crippen molar-refractivity contribution in [3.63, 3.8) is 0 Å². The van der Waals surface area contributed by atoms with Crippen molar-refractivity contribution in [2.24, 2.45) is 0 Å². The average molecular weight is 300 g/mol. The molecule has 0 bridgehead atoms. The van der Waals surface area contributed by atoms with Crippen molar-refractivity contribution in [1.29, 1.82) is 0 Å². The third kappa shape index (κ3) is 5.80. The number of hydrogen-bond donors (Lipinski definition) is 1. The third-order valence-electron chi connectivity index (χ3n) is 3.00. The van der Waals surface area contributed by atoms with Crippen LogP contribution < -0.4 is 4.74 Å². The molecule has 1 amide bonds. The molecule has 0 aromatic heterocycles. The number of hydrogen-bond acceptors (Lipinski definition) is 3. The third-order valence-corrected chi connectivity index (χ3v) is 3.25. The molecule has 0 aliphatic rings. The number of halogens is 1. The zero-order valence-corrected chi connectivity index (χ0v) is 12.8. The van der Waals surface area contributed by atoms with Crippen LogP contribution in [0.5, 0.6) is 5.75 Å². The quantitative estimate of drug-likeness (QED) is 0.751. The van der Waals surface area contributed by atoms with Gasteiger partial charge in [0.1, 0.15) is 5.75 Å². The minimum atomic E-state index is -0.529. The highest BCUT2D eigenvalue weighted by Crippen LogP contribution is 2.17. The predicted octanol–water partition coefficient (Wildman–Crippen LogP) is 2.73. The van der Waals surface area contributed by atoms with E-state index in [-0.39, 0.29) is 12.5 Å². The largest absolute Gasteiger partial charge is 0.481 e. The van der Waals surface area contributed by atoms with E-state index in [4.69, 9.17) is 21.4 Å². The van der Waals surface area contributed by atoms with Crippen LogP contribution in [-0.2, 0) is 4.79 Å². The molecule has 0 aliphatic heterocycles. The highest BCUT2D eigenvalue weighted by atomic mass is 35.5. The average Bonchev–Trinajstić information content (AvgIpc) is 2.45. The van der Waals surface area contributed by atoms with E-state index in [1.807, 2.05) is 0 Å². The van der Waals surface area contributed by atoms with Crippen molar-refractivity contribution in [1.82, 2.24) is 4.90 Å². The van der Waals surface area contributed by atoms with Crippen LogP contribution in [0.25, 0.3) is 0 Å². The molecule has 1 rings (SSSR count). The second kappa shape index (κ2) is 8.82. The first-order valence-corrected chi connectivity index (χ1v) is 7.20. The number of aliphatic hydroxyl groups excluding tert-OH is 1. The first-order chi connectivity index (χ1) is 9.54. The van der Waals surface area contributed by atoms with Gasteiger partial charge in [0, 0.05) is 25.2 Å². The van der Waals surface area contributed by atoms with Crippen LogP contribution in [0.1, 0.15) is 26.2 Å². The summed E-state index contributed by atoms with van der Waals surface area (Å²) in [6.45, 7) is 2.61. The van der Waals surface area contributed by atoms with Crippen LogP contribution in [0.15, 0.2) is 24.3 Å². The first-order valence-electron chi connectivity index (χ1n) is 6.82. The summed E-state index contributed by atoms with van der Waals surface area (Å²) >= 11 is 5.80. The molecule has 5 heteroatoms. The lowest BCUT2D eigenvalue weighted by Crippen LogP contribution is -2.38. The normalized spacial score (nSPS) is 12.0. The number of carbonyl (C=O) groups excluding carboxylic acids is 1. The van der Waals surface area contributed by atoms with Crippen LogP contribution in [0.3, 0.4) is 0 Å². The Morgan fingerprint density at radius 3 is 2.55 bits per heavy atom. The van der Waals surface area contributed by atoms with Gasteiger partial charge in [-0.15, -0.1) is 0 Å². The van der Waals surface area contributed by atoms with Gasteiger partial charge in [0.05, 0.1) is 0 Å². The lowest BCUT2D eigenvalue weighted by atomic mass is 10.2. The zero-order valence-electron chi connectivity index (χ0n) is 12.0. The zero-order chi connectivity index (χ0) is 15.0.